The van der Waals surface area contributed by atoms with Crippen LogP contribution in [-0.2, 0) is 20.4 Å². The van der Waals surface area contributed by atoms with Crippen molar-refractivity contribution < 1.29 is 62.8 Å². The molecule has 0 bridgehead atoms. The van der Waals surface area contributed by atoms with E-state index in [0.717, 1.165) is 34.2 Å². The summed E-state index contributed by atoms with van der Waals surface area (Å²) < 4.78 is 24.8. The van der Waals surface area contributed by atoms with Crippen LogP contribution in [0.4, 0.5) is 0 Å². The number of hydrogen-bond acceptors (Lipinski definition) is 4. The Morgan fingerprint density at radius 2 is 0.886 bits per heavy atom. The van der Waals surface area contributed by atoms with Gasteiger partial charge in [-0.05, 0) is 0 Å². The number of hydrogen-bond donors (Lipinski definition) is 0. The van der Waals surface area contributed by atoms with E-state index in [2.05, 4.69) is 85.9 Å². The molecule has 2 atom stereocenters. The van der Waals surface area contributed by atoms with Crippen molar-refractivity contribution in [1.29, 1.82) is 0 Å². The third kappa shape index (κ3) is 5.02. The maximum atomic E-state index is 6.14. The van der Waals surface area contributed by atoms with E-state index >= 15 is 0 Å². The summed E-state index contributed by atoms with van der Waals surface area (Å²) in [5.41, 5.74) is 9.52. The SMILES string of the molecule is C[Si](C)=[Zr+2]([CH]1C(c2ccco2)=Cc2c(-c3ccco3)cccc21)[CH]1C(c2ccco2)=Cc2c(-c3ccco3)cccc21.[Cl-].[Cl-]. The minimum atomic E-state index is -2.54. The van der Waals surface area contributed by atoms with E-state index in [9.17, 15) is 0 Å². The number of furan rings is 4. The summed E-state index contributed by atoms with van der Waals surface area (Å²) >= 11 is -2.54. The molecule has 2 aliphatic rings. The number of halogens is 2. The van der Waals surface area contributed by atoms with Crippen molar-refractivity contribution in [2.24, 2.45) is 0 Å². The molecule has 0 saturated carbocycles. The van der Waals surface area contributed by atoms with Crippen LogP contribution in [0.3, 0.4) is 0 Å². The summed E-state index contributed by atoms with van der Waals surface area (Å²) in [6.07, 6.45) is 11.9. The number of fused-ring (bicyclic) bond motifs is 2. The first-order chi connectivity index (χ1) is 20.7. The molecular weight excluding hydrogens is 687 g/mol. The van der Waals surface area contributed by atoms with E-state index < -0.39 is 25.8 Å². The van der Waals surface area contributed by atoms with E-state index in [0.29, 0.717) is 7.25 Å². The van der Waals surface area contributed by atoms with Crippen LogP contribution in [0.25, 0.3) is 45.9 Å². The molecule has 6 aromatic rings. The van der Waals surface area contributed by atoms with Gasteiger partial charge in [-0.2, -0.15) is 0 Å². The Kier molecular flexibility index (Phi) is 8.81. The second-order valence-electron chi connectivity index (χ2n) is 11.0. The van der Waals surface area contributed by atoms with Crippen molar-refractivity contribution in [1.82, 2.24) is 0 Å². The molecule has 44 heavy (non-hydrogen) atoms. The number of allylic oxidation sites excluding steroid dienone is 2. The Morgan fingerprint density at radius 3 is 1.23 bits per heavy atom. The predicted molar refractivity (Wildman–Crippen MR) is 164 cm³/mol. The Bertz CT molecular complexity index is 1860. The van der Waals surface area contributed by atoms with Gasteiger partial charge >= 0.3 is 254 Å². The van der Waals surface area contributed by atoms with Crippen molar-refractivity contribution in [2.75, 3.05) is 0 Å². The Hall–Kier alpha value is -3.28. The van der Waals surface area contributed by atoms with Gasteiger partial charge in [-0.3, -0.25) is 0 Å². The van der Waals surface area contributed by atoms with E-state index in [1.807, 2.05) is 24.3 Å². The smallest absolute Gasteiger partial charge is 1.00 e. The van der Waals surface area contributed by atoms with Crippen molar-refractivity contribution in [3.8, 4) is 22.6 Å². The molecule has 2 unspecified atom stereocenters. The maximum Gasteiger partial charge on any atom is -1.00 e. The van der Waals surface area contributed by atoms with Crippen molar-refractivity contribution in [3.63, 3.8) is 0 Å². The molecule has 218 valence electrons. The summed E-state index contributed by atoms with van der Waals surface area (Å²) in [6.45, 7) is 5.06. The van der Waals surface area contributed by atoms with Gasteiger partial charge in [0.25, 0.3) is 0 Å². The molecular formula is C36H28Cl2O4SiZr. The summed E-state index contributed by atoms with van der Waals surface area (Å²) in [5.74, 6) is 3.73. The van der Waals surface area contributed by atoms with Gasteiger partial charge in [0.1, 0.15) is 0 Å². The minimum Gasteiger partial charge on any atom is -1.00 e. The van der Waals surface area contributed by atoms with E-state index in [1.54, 1.807) is 25.1 Å². The molecule has 0 saturated heterocycles. The van der Waals surface area contributed by atoms with Crippen molar-refractivity contribution in [3.05, 3.63) is 144 Å². The molecule has 2 aromatic carbocycles. The van der Waals surface area contributed by atoms with Gasteiger partial charge in [-0.25, -0.2) is 0 Å². The molecule has 0 spiro atoms. The Morgan fingerprint density at radius 1 is 0.500 bits per heavy atom. The molecule has 4 nitrogen and oxygen atoms in total. The first-order valence-corrected chi connectivity index (χ1v) is 23.2. The van der Waals surface area contributed by atoms with Gasteiger partial charge in [0.05, 0.1) is 0 Å². The quantitative estimate of drug-likeness (QED) is 0.244. The second kappa shape index (κ2) is 12.6. The van der Waals surface area contributed by atoms with Crippen molar-refractivity contribution >= 4 is 28.7 Å². The molecule has 2 aliphatic carbocycles. The van der Waals surface area contributed by atoms with Crippen molar-refractivity contribution in [2.45, 2.75) is 20.3 Å². The van der Waals surface area contributed by atoms with Gasteiger partial charge in [0.15, 0.2) is 0 Å². The Labute approximate surface area is 276 Å². The third-order valence-electron chi connectivity index (χ3n) is 8.51. The average Bonchev–Trinajstić information content (AvgIpc) is 3.83. The normalized spacial score (nSPS) is 16.1. The third-order valence-corrected chi connectivity index (χ3v) is 27.7. The fourth-order valence-electron chi connectivity index (χ4n) is 6.82. The molecule has 0 radical (unpaired) electrons. The zero-order chi connectivity index (χ0) is 28.2. The van der Waals surface area contributed by atoms with Crippen LogP contribution in [0.2, 0.25) is 13.1 Å². The van der Waals surface area contributed by atoms with Crippen LogP contribution in [0, 0.1) is 0 Å². The van der Waals surface area contributed by atoms with E-state index in [-0.39, 0.29) is 24.8 Å². The fourth-order valence-corrected chi connectivity index (χ4v) is 26.6. The van der Waals surface area contributed by atoms with Gasteiger partial charge in [-0.1, -0.05) is 0 Å². The minimum absolute atomic E-state index is 0. The topological polar surface area (TPSA) is 52.6 Å². The molecule has 0 amide bonds. The number of rotatable bonds is 6. The van der Waals surface area contributed by atoms with Crippen LogP contribution in [0.1, 0.15) is 41.0 Å². The first kappa shape index (κ1) is 30.7. The summed E-state index contributed by atoms with van der Waals surface area (Å²) in [5, 5.41) is 0. The molecule has 0 aliphatic heterocycles. The van der Waals surface area contributed by atoms with Crippen LogP contribution in [0.5, 0.6) is 0 Å². The molecule has 8 heteroatoms. The number of benzene rings is 2. The van der Waals surface area contributed by atoms with Gasteiger partial charge in [0, 0.05) is 0 Å². The van der Waals surface area contributed by atoms with Crippen LogP contribution >= 0.6 is 0 Å². The molecule has 8 rings (SSSR count). The molecule has 0 N–H and O–H groups in total. The second-order valence-corrected chi connectivity index (χ2v) is 28.9. The van der Waals surface area contributed by atoms with Gasteiger partial charge < -0.3 is 24.8 Å². The van der Waals surface area contributed by atoms with Gasteiger partial charge in [-0.15, -0.1) is 0 Å². The summed E-state index contributed by atoms with van der Waals surface area (Å²) in [6, 6.07) is 29.7. The monoisotopic (exact) mass is 712 g/mol. The fraction of sp³-hybridized carbons (Fsp3) is 0.111. The summed E-state index contributed by atoms with van der Waals surface area (Å²) in [7, 11) is 0. The molecule has 0 fully saturated rings. The largest absolute Gasteiger partial charge is 1.00 e. The van der Waals surface area contributed by atoms with Crippen LogP contribution < -0.4 is 24.8 Å². The molecule has 4 heterocycles. The molecule has 4 aromatic heterocycles. The average molecular weight is 715 g/mol. The zero-order valence-corrected chi connectivity index (χ0v) is 29.1. The van der Waals surface area contributed by atoms with Crippen LogP contribution in [0.15, 0.2) is 128 Å². The summed E-state index contributed by atoms with van der Waals surface area (Å²) in [4.78, 5) is 0. The zero-order valence-electron chi connectivity index (χ0n) is 24.1. The van der Waals surface area contributed by atoms with E-state index in [1.165, 1.54) is 33.4 Å². The Balaban J connectivity index is 0.00000171. The predicted octanol–water partition coefficient (Wildman–Crippen LogP) is 4.16. The first-order valence-electron chi connectivity index (χ1n) is 14.2. The standard InChI is InChI=1S/2C17H11O2.C2H6Si.2ClH.Zr/c2*1-4-12-10-13(16-6-2-8-18-16)11-15(12)14(5-1)17-7-3-9-19-17;1-3-2;;;/h2*1-11H;1-2H3;2*1H;/q;;;;;+2/p-2. The van der Waals surface area contributed by atoms with Gasteiger partial charge in [0.2, 0.25) is 0 Å². The van der Waals surface area contributed by atoms with Crippen LogP contribution in [-0.4, -0.2) is 5.43 Å². The maximum absolute atomic E-state index is 6.14. The van der Waals surface area contributed by atoms with E-state index in [4.69, 9.17) is 17.7 Å².